The summed E-state index contributed by atoms with van der Waals surface area (Å²) in [5.74, 6) is -2.64. The molecule has 0 spiro atoms. The van der Waals surface area contributed by atoms with Crippen molar-refractivity contribution < 1.29 is 24.6 Å². The molecule has 142 valence electrons. The molecule has 1 saturated heterocycles. The number of aromatic carboxylic acids is 1. The fraction of sp³-hybridized carbons (Fsp3) is 0.0526. The van der Waals surface area contributed by atoms with Gasteiger partial charge in [0.25, 0.3) is 5.91 Å². The highest BCUT2D eigenvalue weighted by Gasteiger charge is 2.33. The van der Waals surface area contributed by atoms with E-state index in [1.165, 1.54) is 17.0 Å². The Balaban J connectivity index is 1.70. The number of hydrogen-bond acceptors (Lipinski definition) is 6. The van der Waals surface area contributed by atoms with Crippen LogP contribution in [0.1, 0.15) is 15.9 Å². The number of carbonyl (C=O) groups is 3. The molecule has 1 aliphatic heterocycles. The Morgan fingerprint density at radius 2 is 1.89 bits per heavy atom. The maximum Gasteiger partial charge on any atom is 0.339 e. The Hall–Kier alpha value is -3.17. The highest BCUT2D eigenvalue weighted by Crippen LogP contribution is 2.32. The SMILES string of the molecule is O=C(CN1C(=O)C(=Cc2ccccc2)SC1=S)Nc1ccc(O)c(C(=O)O)c1. The van der Waals surface area contributed by atoms with Crippen molar-refractivity contribution in [3.8, 4) is 5.75 Å². The first-order valence-corrected chi connectivity index (χ1v) is 9.24. The molecular weight excluding hydrogens is 400 g/mol. The summed E-state index contributed by atoms with van der Waals surface area (Å²) in [5.41, 5.74) is 0.692. The van der Waals surface area contributed by atoms with Crippen molar-refractivity contribution in [3.05, 3.63) is 64.6 Å². The summed E-state index contributed by atoms with van der Waals surface area (Å²) in [4.78, 5) is 37.5. The molecule has 28 heavy (non-hydrogen) atoms. The Labute approximate surface area is 169 Å². The molecule has 0 saturated carbocycles. The van der Waals surface area contributed by atoms with Gasteiger partial charge >= 0.3 is 5.97 Å². The van der Waals surface area contributed by atoms with Gasteiger partial charge in [0, 0.05) is 5.69 Å². The molecule has 7 nitrogen and oxygen atoms in total. The van der Waals surface area contributed by atoms with Crippen LogP contribution in [0.2, 0.25) is 0 Å². The number of thioether (sulfide) groups is 1. The van der Waals surface area contributed by atoms with Crippen LogP contribution in [0.3, 0.4) is 0 Å². The first-order chi connectivity index (χ1) is 13.3. The Bertz CT molecular complexity index is 1000. The van der Waals surface area contributed by atoms with Crippen LogP contribution in [0.15, 0.2) is 53.4 Å². The van der Waals surface area contributed by atoms with Gasteiger partial charge in [0.1, 0.15) is 22.2 Å². The van der Waals surface area contributed by atoms with E-state index in [0.717, 1.165) is 23.4 Å². The summed E-state index contributed by atoms with van der Waals surface area (Å²) in [6.07, 6.45) is 1.70. The maximum atomic E-state index is 12.6. The van der Waals surface area contributed by atoms with Gasteiger partial charge in [-0.1, -0.05) is 54.3 Å². The van der Waals surface area contributed by atoms with Gasteiger partial charge in [-0.15, -0.1) is 0 Å². The summed E-state index contributed by atoms with van der Waals surface area (Å²) >= 11 is 6.31. The number of aromatic hydroxyl groups is 1. The largest absolute Gasteiger partial charge is 0.507 e. The second-order valence-corrected chi connectivity index (χ2v) is 7.44. The number of rotatable bonds is 5. The lowest BCUT2D eigenvalue weighted by Gasteiger charge is -2.14. The number of carboxylic acid groups (broad SMARTS) is 1. The molecular formula is C19H14N2O5S2. The van der Waals surface area contributed by atoms with Crippen LogP contribution in [0.25, 0.3) is 6.08 Å². The average molecular weight is 414 g/mol. The van der Waals surface area contributed by atoms with Gasteiger partial charge in [0.05, 0.1) is 4.91 Å². The predicted molar refractivity (Wildman–Crippen MR) is 110 cm³/mol. The summed E-state index contributed by atoms with van der Waals surface area (Å²) in [6, 6.07) is 12.9. The number of phenols is 1. The number of amides is 2. The van der Waals surface area contributed by atoms with Crippen molar-refractivity contribution in [1.29, 1.82) is 0 Å². The fourth-order valence-corrected chi connectivity index (χ4v) is 3.72. The Morgan fingerprint density at radius 3 is 2.57 bits per heavy atom. The minimum atomic E-state index is -1.32. The monoisotopic (exact) mass is 414 g/mol. The number of benzene rings is 2. The topological polar surface area (TPSA) is 107 Å². The third-order valence-corrected chi connectivity index (χ3v) is 5.16. The molecule has 2 aromatic rings. The van der Waals surface area contributed by atoms with E-state index in [0.29, 0.717) is 4.91 Å². The van der Waals surface area contributed by atoms with Gasteiger partial charge in [-0.25, -0.2) is 4.79 Å². The summed E-state index contributed by atoms with van der Waals surface area (Å²) < 4.78 is 0.263. The number of hydrogen-bond donors (Lipinski definition) is 3. The third kappa shape index (κ3) is 4.38. The lowest BCUT2D eigenvalue weighted by Crippen LogP contribution is -2.36. The van der Waals surface area contributed by atoms with Gasteiger partial charge in [-0.3, -0.25) is 14.5 Å². The number of nitrogens with one attached hydrogen (secondary N) is 1. The smallest absolute Gasteiger partial charge is 0.339 e. The van der Waals surface area contributed by atoms with Crippen LogP contribution in [0.5, 0.6) is 5.75 Å². The highest BCUT2D eigenvalue weighted by molar-refractivity contribution is 8.26. The van der Waals surface area contributed by atoms with Crippen molar-refractivity contribution in [2.75, 3.05) is 11.9 Å². The van der Waals surface area contributed by atoms with Gasteiger partial charge in [0.15, 0.2) is 0 Å². The zero-order chi connectivity index (χ0) is 20.3. The number of carbonyl (C=O) groups excluding carboxylic acids is 2. The number of nitrogens with zero attached hydrogens (tertiary/aromatic N) is 1. The number of carboxylic acids is 1. The molecule has 2 amide bonds. The molecule has 0 bridgehead atoms. The van der Waals surface area contributed by atoms with Crippen LogP contribution in [0, 0.1) is 0 Å². The first-order valence-electron chi connectivity index (χ1n) is 8.02. The van der Waals surface area contributed by atoms with Crippen molar-refractivity contribution in [2.45, 2.75) is 0 Å². The molecule has 3 rings (SSSR count). The molecule has 9 heteroatoms. The summed E-state index contributed by atoms with van der Waals surface area (Å²) in [7, 11) is 0. The van der Waals surface area contributed by atoms with E-state index in [2.05, 4.69) is 5.32 Å². The van der Waals surface area contributed by atoms with E-state index >= 15 is 0 Å². The average Bonchev–Trinajstić information content (AvgIpc) is 2.91. The van der Waals surface area contributed by atoms with Gasteiger partial charge in [0.2, 0.25) is 5.91 Å². The van der Waals surface area contributed by atoms with Crippen molar-refractivity contribution in [2.24, 2.45) is 0 Å². The van der Waals surface area contributed by atoms with Crippen LogP contribution in [0.4, 0.5) is 5.69 Å². The van der Waals surface area contributed by atoms with E-state index in [1.807, 2.05) is 30.3 Å². The summed E-state index contributed by atoms with van der Waals surface area (Å²) in [5, 5.41) is 21.0. The molecule has 1 fully saturated rings. The van der Waals surface area contributed by atoms with Crippen LogP contribution in [-0.2, 0) is 9.59 Å². The Morgan fingerprint density at radius 1 is 1.18 bits per heavy atom. The van der Waals surface area contributed by atoms with Crippen LogP contribution in [-0.4, -0.2) is 43.8 Å². The van der Waals surface area contributed by atoms with E-state index in [1.54, 1.807) is 6.08 Å². The van der Waals surface area contributed by atoms with Crippen molar-refractivity contribution >= 4 is 57.8 Å². The molecule has 2 aromatic carbocycles. The van der Waals surface area contributed by atoms with Gasteiger partial charge in [-0.2, -0.15) is 0 Å². The second kappa shape index (κ2) is 8.24. The minimum absolute atomic E-state index is 0.186. The first kappa shape index (κ1) is 19.6. The van der Waals surface area contributed by atoms with E-state index in [4.69, 9.17) is 17.3 Å². The van der Waals surface area contributed by atoms with Crippen LogP contribution < -0.4 is 5.32 Å². The van der Waals surface area contributed by atoms with E-state index in [9.17, 15) is 19.5 Å². The number of anilines is 1. The number of thiocarbonyl (C=S) groups is 1. The lowest BCUT2D eigenvalue weighted by molar-refractivity contribution is -0.126. The molecule has 0 radical (unpaired) electrons. The second-order valence-electron chi connectivity index (χ2n) is 5.76. The van der Waals surface area contributed by atoms with E-state index < -0.39 is 17.6 Å². The van der Waals surface area contributed by atoms with Crippen molar-refractivity contribution in [1.82, 2.24) is 4.90 Å². The maximum absolute atomic E-state index is 12.6. The zero-order valence-electron chi connectivity index (χ0n) is 14.3. The highest BCUT2D eigenvalue weighted by atomic mass is 32.2. The summed E-state index contributed by atoms with van der Waals surface area (Å²) in [6.45, 7) is -0.305. The normalized spacial score (nSPS) is 15.1. The lowest BCUT2D eigenvalue weighted by atomic mass is 10.2. The molecule has 0 unspecified atom stereocenters. The van der Waals surface area contributed by atoms with Gasteiger partial charge < -0.3 is 15.5 Å². The fourth-order valence-electron chi connectivity index (χ4n) is 2.47. The van der Waals surface area contributed by atoms with Crippen LogP contribution >= 0.6 is 24.0 Å². The molecule has 3 N–H and O–H groups in total. The molecule has 1 aliphatic rings. The standard InChI is InChI=1S/C19H14N2O5S2/c22-14-7-6-12(9-13(14)18(25)26)20-16(23)10-21-17(24)15(28-19(21)27)8-11-4-2-1-3-5-11/h1-9,22H,10H2,(H,20,23)(H,25,26). The van der Waals surface area contributed by atoms with E-state index in [-0.39, 0.29) is 28.0 Å². The molecule has 0 atom stereocenters. The minimum Gasteiger partial charge on any atom is -0.507 e. The Kier molecular flexibility index (Phi) is 5.76. The quantitative estimate of drug-likeness (QED) is 0.392. The zero-order valence-corrected chi connectivity index (χ0v) is 15.9. The van der Waals surface area contributed by atoms with Gasteiger partial charge in [-0.05, 0) is 29.8 Å². The van der Waals surface area contributed by atoms with Crippen molar-refractivity contribution in [3.63, 3.8) is 0 Å². The third-order valence-electron chi connectivity index (χ3n) is 3.78. The molecule has 1 heterocycles. The molecule has 0 aromatic heterocycles. The predicted octanol–water partition coefficient (Wildman–Crippen LogP) is 2.93. The molecule has 0 aliphatic carbocycles.